The van der Waals surface area contributed by atoms with Gasteiger partial charge in [0.05, 0.1) is 13.2 Å². The number of aliphatic imine (C=N–C) groups is 1. The molecule has 0 aromatic carbocycles. The summed E-state index contributed by atoms with van der Waals surface area (Å²) in [4.78, 5) is 17.2. The van der Waals surface area contributed by atoms with Crippen molar-refractivity contribution in [2.45, 2.75) is 96.5 Å². The van der Waals surface area contributed by atoms with Gasteiger partial charge in [-0.15, -0.1) is 0 Å². The highest BCUT2D eigenvalue weighted by molar-refractivity contribution is 7.85. The molecule has 0 saturated heterocycles. The van der Waals surface area contributed by atoms with Crippen LogP contribution in [-0.2, 0) is 14.9 Å². The fourth-order valence-electron chi connectivity index (χ4n) is 4.62. The molecule has 0 aliphatic carbocycles. The van der Waals surface area contributed by atoms with E-state index >= 15 is 0 Å². The number of hydrogen-bond donors (Lipinski definition) is 3. The Kier molecular flexibility index (Phi) is 15.7. The van der Waals surface area contributed by atoms with Gasteiger partial charge in [-0.1, -0.05) is 64.0 Å². The van der Waals surface area contributed by atoms with Crippen LogP contribution in [0.2, 0.25) is 0 Å². The minimum Gasteiger partial charge on any atom is -0.390 e. The molecule has 0 amide bonds. The zero-order valence-corrected chi connectivity index (χ0v) is 21.9. The second-order valence-electron chi connectivity index (χ2n) is 9.51. The lowest BCUT2D eigenvalue weighted by Crippen LogP contribution is -2.59. The average Bonchev–Trinajstić information content (AvgIpc) is 3.15. The van der Waals surface area contributed by atoms with Crippen LogP contribution < -0.4 is 0 Å². The second-order valence-corrected chi connectivity index (χ2v) is 11.0. The van der Waals surface area contributed by atoms with E-state index in [0.29, 0.717) is 25.3 Å². The van der Waals surface area contributed by atoms with Crippen molar-refractivity contribution in [3.63, 3.8) is 0 Å². The molecule has 0 aromatic heterocycles. The van der Waals surface area contributed by atoms with Crippen LogP contribution in [0.1, 0.15) is 90.4 Å². The van der Waals surface area contributed by atoms with Crippen molar-refractivity contribution in [3.05, 3.63) is 12.2 Å². The van der Waals surface area contributed by atoms with Gasteiger partial charge in [-0.3, -0.25) is 13.8 Å². The van der Waals surface area contributed by atoms with Gasteiger partial charge in [-0.25, -0.2) is 4.99 Å². The maximum absolute atomic E-state index is 12.8. The van der Waals surface area contributed by atoms with Crippen LogP contribution in [-0.4, -0.2) is 83.9 Å². The first-order valence-electron chi connectivity index (χ1n) is 13.1. The number of aliphatic hydroxyl groups excluding tert-OH is 2. The summed E-state index contributed by atoms with van der Waals surface area (Å²) < 4.78 is 31.1. The molecule has 34 heavy (non-hydrogen) atoms. The van der Waals surface area contributed by atoms with E-state index < -0.39 is 22.0 Å². The number of nitrogens with zero attached hydrogens (tertiary/aromatic N) is 2. The molecule has 0 fully saturated rings. The van der Waals surface area contributed by atoms with Crippen molar-refractivity contribution in [2.24, 2.45) is 4.99 Å². The molecule has 8 nitrogen and oxygen atoms in total. The third kappa shape index (κ3) is 13.1. The number of hydrogen-bond acceptors (Lipinski definition) is 6. The molecule has 0 spiro atoms. The molecule has 1 aliphatic heterocycles. The van der Waals surface area contributed by atoms with Crippen LogP contribution in [0.25, 0.3) is 0 Å². The summed E-state index contributed by atoms with van der Waals surface area (Å²) in [5.41, 5.74) is 0. The lowest BCUT2D eigenvalue weighted by molar-refractivity contribution is -0.837. The molecule has 0 radical (unpaired) electrons. The van der Waals surface area contributed by atoms with E-state index in [4.69, 9.17) is 4.55 Å². The number of unbranched alkanes of at least 4 members (excludes halogenated alkanes) is 10. The normalized spacial score (nSPS) is 19.6. The van der Waals surface area contributed by atoms with Crippen LogP contribution in [0, 0.1) is 0 Å². The van der Waals surface area contributed by atoms with E-state index in [-0.39, 0.29) is 30.0 Å². The number of carbonyl (C=O) groups is 1. The average molecular weight is 504 g/mol. The van der Waals surface area contributed by atoms with Gasteiger partial charge in [0, 0.05) is 6.42 Å². The highest BCUT2D eigenvalue weighted by atomic mass is 32.2. The molecule has 2 atom stereocenters. The van der Waals surface area contributed by atoms with Gasteiger partial charge in [-0.2, -0.15) is 8.42 Å². The maximum atomic E-state index is 12.8. The van der Waals surface area contributed by atoms with Gasteiger partial charge < -0.3 is 10.2 Å². The number of aliphatic hydroxyl groups is 2. The maximum Gasteiger partial charge on any atom is 0.267 e. The lowest BCUT2D eigenvalue weighted by atomic mass is 10.1. The van der Waals surface area contributed by atoms with Gasteiger partial charge in [-0.05, 0) is 32.1 Å². The van der Waals surface area contributed by atoms with Crippen molar-refractivity contribution in [1.29, 1.82) is 0 Å². The first kappa shape index (κ1) is 30.9. The molecular weight excluding hydrogens is 456 g/mol. The first-order valence-corrected chi connectivity index (χ1v) is 14.7. The van der Waals surface area contributed by atoms with E-state index in [2.05, 4.69) is 24.1 Å². The molecule has 1 aliphatic rings. The SMILES string of the molecule is CCCCCCCC/C=C/CCCCCCC(=O)C1=NCC[N+]1(CCO)CC(O)CS(=O)(=O)O. The summed E-state index contributed by atoms with van der Waals surface area (Å²) in [5, 5.41) is 19.6. The molecule has 0 saturated carbocycles. The van der Waals surface area contributed by atoms with Crippen molar-refractivity contribution in [3.8, 4) is 0 Å². The monoisotopic (exact) mass is 503 g/mol. The highest BCUT2D eigenvalue weighted by Crippen LogP contribution is 2.20. The predicted molar refractivity (Wildman–Crippen MR) is 137 cm³/mol. The van der Waals surface area contributed by atoms with E-state index in [9.17, 15) is 23.4 Å². The number of Topliss-reactive ketones (excluding diaryl/α,β-unsaturated/α-hetero) is 1. The van der Waals surface area contributed by atoms with Gasteiger partial charge in [0.15, 0.2) is 0 Å². The molecule has 1 heterocycles. The number of rotatable bonds is 21. The number of ketones is 1. The fraction of sp³-hybridized carbons (Fsp3) is 0.840. The molecule has 9 heteroatoms. The zero-order valence-electron chi connectivity index (χ0n) is 21.0. The van der Waals surface area contributed by atoms with Gasteiger partial charge in [0.2, 0.25) is 5.78 Å². The molecule has 0 aromatic rings. The summed E-state index contributed by atoms with van der Waals surface area (Å²) in [5.74, 6) is -0.599. The standard InChI is InChI=1S/C25H46N2O6S/c1-2-3-4-5-6-7-8-9-10-11-12-13-14-15-16-24(30)25-26-17-18-27(25,19-20-28)21-23(29)22-34(31,32)33/h9-10,23,28-29H,2-8,11-22H2,1H3/p+1/b10-9+. The largest absolute Gasteiger partial charge is 0.390 e. The topological polar surface area (TPSA) is 124 Å². The molecule has 0 bridgehead atoms. The smallest absolute Gasteiger partial charge is 0.267 e. The van der Waals surface area contributed by atoms with E-state index in [0.717, 1.165) is 38.5 Å². The summed E-state index contributed by atoms with van der Waals surface area (Å²) in [7, 11) is -4.33. The Hall–Kier alpha value is -1.13. The summed E-state index contributed by atoms with van der Waals surface area (Å²) in [6, 6.07) is 0. The van der Waals surface area contributed by atoms with E-state index in [1.54, 1.807) is 0 Å². The van der Waals surface area contributed by atoms with Crippen LogP contribution in [0.15, 0.2) is 17.1 Å². The Balaban J connectivity index is 2.29. The minimum absolute atomic E-state index is 0.0323. The van der Waals surface area contributed by atoms with Crippen LogP contribution >= 0.6 is 0 Å². The first-order chi connectivity index (χ1) is 16.2. The molecular formula is C25H47N2O6S+. The summed E-state index contributed by atoms with van der Waals surface area (Å²) >= 11 is 0. The van der Waals surface area contributed by atoms with Crippen LogP contribution in [0.5, 0.6) is 0 Å². The Morgan fingerprint density at radius 3 is 2.21 bits per heavy atom. The van der Waals surface area contributed by atoms with Crippen molar-refractivity contribution < 1.29 is 32.5 Å². The van der Waals surface area contributed by atoms with Gasteiger partial charge >= 0.3 is 0 Å². The Labute approximate surface area is 206 Å². The van der Waals surface area contributed by atoms with Crippen molar-refractivity contribution >= 4 is 21.7 Å². The van der Waals surface area contributed by atoms with Crippen LogP contribution in [0.3, 0.4) is 0 Å². The zero-order chi connectivity index (χ0) is 25.3. The highest BCUT2D eigenvalue weighted by Gasteiger charge is 2.43. The Bertz CT molecular complexity index is 738. The second kappa shape index (κ2) is 17.3. The van der Waals surface area contributed by atoms with Crippen molar-refractivity contribution in [2.75, 3.05) is 38.5 Å². The third-order valence-corrected chi connectivity index (χ3v) is 7.20. The lowest BCUT2D eigenvalue weighted by Gasteiger charge is -2.34. The van der Waals surface area contributed by atoms with Crippen molar-refractivity contribution in [1.82, 2.24) is 0 Å². The Morgan fingerprint density at radius 2 is 1.62 bits per heavy atom. The van der Waals surface area contributed by atoms with Gasteiger partial charge in [0.25, 0.3) is 16.0 Å². The third-order valence-electron chi connectivity index (χ3n) is 6.40. The van der Waals surface area contributed by atoms with E-state index in [1.807, 2.05) is 0 Å². The summed E-state index contributed by atoms with van der Waals surface area (Å²) in [6.07, 6.45) is 17.6. The number of quaternary nitrogens is 1. The predicted octanol–water partition coefficient (Wildman–Crippen LogP) is 3.67. The number of amidine groups is 1. The quantitative estimate of drug-likeness (QED) is 0.0950. The van der Waals surface area contributed by atoms with E-state index in [1.165, 1.54) is 38.5 Å². The Morgan fingerprint density at radius 1 is 1.03 bits per heavy atom. The molecule has 2 unspecified atom stereocenters. The number of carbonyl (C=O) groups excluding carboxylic acids is 1. The van der Waals surface area contributed by atoms with Crippen LogP contribution in [0.4, 0.5) is 0 Å². The summed E-state index contributed by atoms with van der Waals surface area (Å²) in [6.45, 7) is 2.95. The molecule has 3 N–H and O–H groups in total. The molecule has 198 valence electrons. The van der Waals surface area contributed by atoms with Gasteiger partial charge in [0.1, 0.15) is 31.5 Å². The fourth-order valence-corrected chi connectivity index (χ4v) is 5.22. The molecule has 1 rings (SSSR count). The number of allylic oxidation sites excluding steroid dienone is 2. The minimum atomic E-state index is -4.33.